The molecule has 0 bridgehead atoms. The molecule has 1 aliphatic carbocycles. The molecule has 0 spiro atoms. The van der Waals surface area contributed by atoms with Crippen molar-refractivity contribution in [3.63, 3.8) is 0 Å². The van der Waals surface area contributed by atoms with Gasteiger partial charge in [-0.1, -0.05) is 19.3 Å². The summed E-state index contributed by atoms with van der Waals surface area (Å²) in [6.07, 6.45) is 8.83. The molecule has 86 valence electrons. The van der Waals surface area contributed by atoms with Crippen molar-refractivity contribution in [2.45, 2.75) is 38.1 Å². The summed E-state index contributed by atoms with van der Waals surface area (Å²) in [5.41, 5.74) is 7.58. The molecule has 2 nitrogen and oxygen atoms in total. The Morgan fingerprint density at radius 3 is 2.53 bits per heavy atom. The minimum atomic E-state index is 0. The molecule has 2 N–H and O–H groups in total. The first-order valence-corrected chi connectivity index (χ1v) is 5.66. The van der Waals surface area contributed by atoms with E-state index in [0.717, 1.165) is 0 Å². The van der Waals surface area contributed by atoms with Crippen molar-refractivity contribution in [1.82, 2.24) is 4.57 Å². The van der Waals surface area contributed by atoms with E-state index in [0.29, 0.717) is 5.92 Å². The number of rotatable bonds is 2. The summed E-state index contributed by atoms with van der Waals surface area (Å²) in [6, 6.07) is 4.48. The van der Waals surface area contributed by atoms with E-state index >= 15 is 0 Å². The number of aryl methyl sites for hydroxylation is 1. The van der Waals surface area contributed by atoms with E-state index < -0.39 is 0 Å². The number of nitrogens with two attached hydrogens (primary N) is 1. The molecular formula is C12H21ClN2. The molecular weight excluding hydrogens is 208 g/mol. The molecule has 1 fully saturated rings. The van der Waals surface area contributed by atoms with Gasteiger partial charge in [0.25, 0.3) is 0 Å². The number of nitrogens with zero attached hydrogens (tertiary/aromatic N) is 1. The first-order chi connectivity index (χ1) is 6.79. The van der Waals surface area contributed by atoms with E-state index in [-0.39, 0.29) is 18.4 Å². The molecule has 1 aliphatic rings. The third-order valence-corrected chi connectivity index (χ3v) is 3.48. The molecule has 1 atom stereocenters. The van der Waals surface area contributed by atoms with Crippen molar-refractivity contribution in [2.75, 3.05) is 0 Å². The van der Waals surface area contributed by atoms with Crippen molar-refractivity contribution < 1.29 is 0 Å². The fraction of sp³-hybridized carbons (Fsp3) is 0.667. The third-order valence-electron chi connectivity index (χ3n) is 3.48. The van der Waals surface area contributed by atoms with Crippen LogP contribution >= 0.6 is 12.4 Å². The Balaban J connectivity index is 0.00000112. The van der Waals surface area contributed by atoms with Crippen LogP contribution in [-0.4, -0.2) is 4.57 Å². The van der Waals surface area contributed by atoms with Gasteiger partial charge in [-0.3, -0.25) is 0 Å². The molecule has 0 aromatic carbocycles. The smallest absolute Gasteiger partial charge is 0.0478 e. The van der Waals surface area contributed by atoms with Gasteiger partial charge in [0.05, 0.1) is 0 Å². The standard InChI is InChI=1S/C12H20N2.ClH/c1-14-9-5-8-11(14)12(13)10-6-3-2-4-7-10;/h5,8-10,12H,2-4,6-7,13H2,1H3;1H/t12-;/m1./s1. The lowest BCUT2D eigenvalue weighted by molar-refractivity contribution is 0.302. The maximum atomic E-state index is 6.29. The Morgan fingerprint density at radius 1 is 1.33 bits per heavy atom. The van der Waals surface area contributed by atoms with Gasteiger partial charge in [0.2, 0.25) is 0 Å². The topological polar surface area (TPSA) is 30.9 Å². The average molecular weight is 229 g/mol. The molecule has 1 saturated carbocycles. The summed E-state index contributed by atoms with van der Waals surface area (Å²) in [6.45, 7) is 0. The Labute approximate surface area is 98.3 Å². The Hall–Kier alpha value is -0.470. The second kappa shape index (κ2) is 5.57. The van der Waals surface area contributed by atoms with Gasteiger partial charge in [0, 0.05) is 25.0 Å². The van der Waals surface area contributed by atoms with Gasteiger partial charge in [-0.25, -0.2) is 0 Å². The minimum absolute atomic E-state index is 0. The minimum Gasteiger partial charge on any atom is -0.353 e. The van der Waals surface area contributed by atoms with Gasteiger partial charge in [0.1, 0.15) is 0 Å². The summed E-state index contributed by atoms with van der Waals surface area (Å²) in [5.74, 6) is 0.706. The predicted octanol–water partition coefficient (Wildman–Crippen LogP) is 3.03. The Kier molecular flexibility index (Phi) is 4.68. The highest BCUT2D eigenvalue weighted by Crippen LogP contribution is 2.32. The Bertz CT molecular complexity index is 290. The second-order valence-corrected chi connectivity index (χ2v) is 4.47. The van der Waals surface area contributed by atoms with Crippen molar-refractivity contribution in [2.24, 2.45) is 18.7 Å². The SMILES string of the molecule is Cl.Cn1cccc1[C@H](N)C1CCCCC1. The zero-order chi connectivity index (χ0) is 9.97. The maximum Gasteiger partial charge on any atom is 0.0478 e. The molecule has 2 rings (SSSR count). The molecule has 0 aliphatic heterocycles. The highest BCUT2D eigenvalue weighted by atomic mass is 35.5. The summed E-state index contributed by atoms with van der Waals surface area (Å²) >= 11 is 0. The lowest BCUT2D eigenvalue weighted by atomic mass is 9.83. The molecule has 3 heteroatoms. The van der Waals surface area contributed by atoms with Gasteiger partial charge >= 0.3 is 0 Å². The molecule has 15 heavy (non-hydrogen) atoms. The largest absolute Gasteiger partial charge is 0.353 e. The lowest BCUT2D eigenvalue weighted by Crippen LogP contribution is -2.25. The van der Waals surface area contributed by atoms with Crippen LogP contribution in [0.2, 0.25) is 0 Å². The Morgan fingerprint density at radius 2 is 2.00 bits per heavy atom. The molecule has 0 radical (unpaired) electrons. The van der Waals surface area contributed by atoms with E-state index in [1.54, 1.807) is 0 Å². The predicted molar refractivity (Wildman–Crippen MR) is 66.2 cm³/mol. The van der Waals surface area contributed by atoms with Crippen LogP contribution in [0.3, 0.4) is 0 Å². The van der Waals surface area contributed by atoms with Crippen molar-refractivity contribution >= 4 is 12.4 Å². The van der Waals surface area contributed by atoms with E-state index in [2.05, 4.69) is 29.9 Å². The zero-order valence-corrected chi connectivity index (χ0v) is 10.2. The van der Waals surface area contributed by atoms with E-state index in [9.17, 15) is 0 Å². The van der Waals surface area contributed by atoms with Gasteiger partial charge in [0.15, 0.2) is 0 Å². The van der Waals surface area contributed by atoms with Crippen LogP contribution in [0.5, 0.6) is 0 Å². The second-order valence-electron chi connectivity index (χ2n) is 4.47. The van der Waals surface area contributed by atoms with Gasteiger partial charge in [-0.05, 0) is 30.9 Å². The van der Waals surface area contributed by atoms with Crippen molar-refractivity contribution in [3.8, 4) is 0 Å². The quantitative estimate of drug-likeness (QED) is 0.829. The maximum absolute atomic E-state index is 6.29. The first kappa shape index (κ1) is 12.6. The van der Waals surface area contributed by atoms with Crippen LogP contribution in [0.1, 0.15) is 43.8 Å². The molecule has 1 heterocycles. The molecule has 0 amide bonds. The monoisotopic (exact) mass is 228 g/mol. The van der Waals surface area contributed by atoms with Gasteiger partial charge < -0.3 is 10.3 Å². The summed E-state index contributed by atoms with van der Waals surface area (Å²) in [5, 5.41) is 0. The molecule has 1 aromatic rings. The van der Waals surface area contributed by atoms with E-state index in [4.69, 9.17) is 5.73 Å². The summed E-state index contributed by atoms with van der Waals surface area (Å²) in [4.78, 5) is 0. The first-order valence-electron chi connectivity index (χ1n) is 5.66. The summed E-state index contributed by atoms with van der Waals surface area (Å²) in [7, 11) is 2.08. The lowest BCUT2D eigenvalue weighted by Gasteiger charge is -2.27. The van der Waals surface area contributed by atoms with Crippen LogP contribution in [0.15, 0.2) is 18.3 Å². The molecule has 0 unspecified atom stereocenters. The number of hydrogen-bond acceptors (Lipinski definition) is 1. The van der Waals surface area contributed by atoms with Crippen LogP contribution in [0.25, 0.3) is 0 Å². The van der Waals surface area contributed by atoms with Crippen LogP contribution in [0, 0.1) is 5.92 Å². The normalized spacial score (nSPS) is 19.6. The zero-order valence-electron chi connectivity index (χ0n) is 9.36. The third kappa shape index (κ3) is 2.76. The van der Waals surface area contributed by atoms with E-state index in [1.165, 1.54) is 37.8 Å². The molecule has 0 saturated heterocycles. The van der Waals surface area contributed by atoms with E-state index in [1.807, 2.05) is 0 Å². The van der Waals surface area contributed by atoms with Crippen LogP contribution < -0.4 is 5.73 Å². The number of hydrogen-bond donors (Lipinski definition) is 1. The number of aromatic nitrogens is 1. The van der Waals surface area contributed by atoms with Gasteiger partial charge in [-0.2, -0.15) is 0 Å². The van der Waals surface area contributed by atoms with Crippen LogP contribution in [0.4, 0.5) is 0 Å². The average Bonchev–Trinajstić information content (AvgIpc) is 2.65. The fourth-order valence-electron chi connectivity index (χ4n) is 2.56. The van der Waals surface area contributed by atoms with Gasteiger partial charge in [-0.15, -0.1) is 12.4 Å². The summed E-state index contributed by atoms with van der Waals surface area (Å²) < 4.78 is 2.15. The highest BCUT2D eigenvalue weighted by Gasteiger charge is 2.22. The van der Waals surface area contributed by atoms with Crippen molar-refractivity contribution in [3.05, 3.63) is 24.0 Å². The van der Waals surface area contributed by atoms with Crippen molar-refractivity contribution in [1.29, 1.82) is 0 Å². The highest BCUT2D eigenvalue weighted by molar-refractivity contribution is 5.85. The van der Waals surface area contributed by atoms with Crippen LogP contribution in [-0.2, 0) is 7.05 Å². The molecule has 1 aromatic heterocycles. The fourth-order valence-corrected chi connectivity index (χ4v) is 2.56. The number of halogens is 1.